The lowest BCUT2D eigenvalue weighted by atomic mass is 9.91. The van der Waals surface area contributed by atoms with E-state index in [0.29, 0.717) is 24.2 Å². The highest BCUT2D eigenvalue weighted by Crippen LogP contribution is 2.25. The Morgan fingerprint density at radius 1 is 1.55 bits per heavy atom. The molecule has 0 spiro atoms. The van der Waals surface area contributed by atoms with Crippen molar-refractivity contribution < 1.29 is 9.63 Å². The van der Waals surface area contributed by atoms with Crippen LogP contribution in [0.5, 0.6) is 0 Å². The Kier molecular flexibility index (Phi) is 4.14. The lowest BCUT2D eigenvalue weighted by Crippen LogP contribution is -2.46. The standard InChI is InChI=1S/C14H19N3O2S/c1-10-3-2-5-17(12(10)8-18)7-13-15-14(19-16-13)11-4-6-20-9-11/h4,6,9-10,12,18H,2-3,5,7-8H2,1H3. The first-order valence-corrected chi connectivity index (χ1v) is 7.92. The van der Waals surface area contributed by atoms with Crippen molar-refractivity contribution in [2.45, 2.75) is 32.4 Å². The first kappa shape index (κ1) is 13.7. The Balaban J connectivity index is 1.71. The van der Waals surface area contributed by atoms with E-state index in [0.717, 1.165) is 18.5 Å². The van der Waals surface area contributed by atoms with Crippen LogP contribution in [0.2, 0.25) is 0 Å². The molecule has 0 aromatic carbocycles. The Labute approximate surface area is 122 Å². The average molecular weight is 293 g/mol. The summed E-state index contributed by atoms with van der Waals surface area (Å²) in [4.78, 5) is 6.71. The molecule has 2 aromatic rings. The number of hydrogen-bond donors (Lipinski definition) is 1. The van der Waals surface area contributed by atoms with E-state index in [1.54, 1.807) is 11.3 Å². The van der Waals surface area contributed by atoms with E-state index in [-0.39, 0.29) is 12.6 Å². The van der Waals surface area contributed by atoms with Gasteiger partial charge in [0.2, 0.25) is 0 Å². The summed E-state index contributed by atoms with van der Waals surface area (Å²) in [6.07, 6.45) is 2.33. The lowest BCUT2D eigenvalue weighted by Gasteiger charge is -2.38. The third-order valence-electron chi connectivity index (χ3n) is 4.00. The van der Waals surface area contributed by atoms with Crippen molar-refractivity contribution in [1.82, 2.24) is 15.0 Å². The largest absolute Gasteiger partial charge is 0.395 e. The maximum absolute atomic E-state index is 9.56. The zero-order chi connectivity index (χ0) is 13.9. The molecule has 1 saturated heterocycles. The molecule has 6 heteroatoms. The van der Waals surface area contributed by atoms with Crippen molar-refractivity contribution in [2.75, 3.05) is 13.2 Å². The van der Waals surface area contributed by atoms with Crippen LogP contribution in [0.3, 0.4) is 0 Å². The number of rotatable bonds is 4. The minimum absolute atomic E-state index is 0.191. The molecule has 3 rings (SSSR count). The van der Waals surface area contributed by atoms with Crippen LogP contribution in [0.25, 0.3) is 11.5 Å². The van der Waals surface area contributed by atoms with Crippen molar-refractivity contribution in [2.24, 2.45) is 5.92 Å². The van der Waals surface area contributed by atoms with Crippen molar-refractivity contribution in [3.05, 3.63) is 22.7 Å². The summed E-state index contributed by atoms with van der Waals surface area (Å²) in [5.74, 6) is 1.78. The van der Waals surface area contributed by atoms with Crippen LogP contribution in [-0.4, -0.2) is 39.3 Å². The average Bonchev–Trinajstić information content (AvgIpc) is 3.09. The second-order valence-corrected chi connectivity index (χ2v) is 6.15. The van der Waals surface area contributed by atoms with E-state index in [4.69, 9.17) is 4.52 Å². The number of aliphatic hydroxyl groups is 1. The van der Waals surface area contributed by atoms with E-state index in [1.165, 1.54) is 6.42 Å². The predicted molar refractivity (Wildman–Crippen MR) is 77.3 cm³/mol. The summed E-state index contributed by atoms with van der Waals surface area (Å²) < 4.78 is 5.30. The van der Waals surface area contributed by atoms with E-state index >= 15 is 0 Å². The van der Waals surface area contributed by atoms with Crippen LogP contribution in [0.1, 0.15) is 25.6 Å². The predicted octanol–water partition coefficient (Wildman–Crippen LogP) is 2.39. The van der Waals surface area contributed by atoms with Crippen LogP contribution in [0, 0.1) is 5.92 Å². The maximum Gasteiger partial charge on any atom is 0.258 e. The number of aliphatic hydroxyl groups excluding tert-OH is 1. The number of likely N-dealkylation sites (tertiary alicyclic amines) is 1. The van der Waals surface area contributed by atoms with Gasteiger partial charge in [-0.25, -0.2) is 0 Å². The maximum atomic E-state index is 9.56. The molecule has 1 N–H and O–H groups in total. The Bertz CT molecular complexity index is 540. The topological polar surface area (TPSA) is 62.4 Å². The third-order valence-corrected chi connectivity index (χ3v) is 4.68. The highest BCUT2D eigenvalue weighted by atomic mass is 32.1. The van der Waals surface area contributed by atoms with E-state index in [9.17, 15) is 5.11 Å². The molecule has 0 aliphatic carbocycles. The fourth-order valence-electron chi connectivity index (χ4n) is 2.83. The number of nitrogens with zero attached hydrogens (tertiary/aromatic N) is 3. The fraction of sp³-hybridized carbons (Fsp3) is 0.571. The highest BCUT2D eigenvalue weighted by Gasteiger charge is 2.28. The van der Waals surface area contributed by atoms with Crippen LogP contribution in [0.4, 0.5) is 0 Å². The molecule has 5 nitrogen and oxygen atoms in total. The van der Waals surface area contributed by atoms with Crippen LogP contribution in [0.15, 0.2) is 21.3 Å². The Morgan fingerprint density at radius 2 is 2.45 bits per heavy atom. The molecule has 0 amide bonds. The molecule has 1 fully saturated rings. The van der Waals surface area contributed by atoms with Gasteiger partial charge < -0.3 is 9.63 Å². The molecule has 1 aliphatic heterocycles. The molecule has 0 bridgehead atoms. The highest BCUT2D eigenvalue weighted by molar-refractivity contribution is 7.08. The summed E-state index contributed by atoms with van der Waals surface area (Å²) in [6.45, 7) is 4.01. The number of thiophene rings is 1. The molecule has 2 aromatic heterocycles. The monoisotopic (exact) mass is 293 g/mol. The summed E-state index contributed by atoms with van der Waals surface area (Å²) in [6, 6.07) is 2.17. The van der Waals surface area contributed by atoms with Gasteiger partial charge in [-0.3, -0.25) is 4.90 Å². The van der Waals surface area contributed by atoms with Gasteiger partial charge in [-0.05, 0) is 36.8 Å². The molecule has 108 valence electrons. The normalized spacial score (nSPS) is 24.1. The summed E-state index contributed by atoms with van der Waals surface area (Å²) in [5.41, 5.74) is 0.972. The third kappa shape index (κ3) is 2.77. The van der Waals surface area contributed by atoms with Gasteiger partial charge in [-0.1, -0.05) is 12.1 Å². The van der Waals surface area contributed by atoms with Crippen LogP contribution < -0.4 is 0 Å². The van der Waals surface area contributed by atoms with Crippen molar-refractivity contribution in [1.29, 1.82) is 0 Å². The zero-order valence-corrected chi connectivity index (χ0v) is 12.3. The molecule has 0 saturated carbocycles. The van der Waals surface area contributed by atoms with Gasteiger partial charge in [0, 0.05) is 11.4 Å². The molecule has 3 heterocycles. The van der Waals surface area contributed by atoms with E-state index in [1.807, 2.05) is 16.8 Å². The number of aromatic nitrogens is 2. The smallest absolute Gasteiger partial charge is 0.258 e. The Morgan fingerprint density at radius 3 is 3.20 bits per heavy atom. The van der Waals surface area contributed by atoms with Gasteiger partial charge in [0.1, 0.15) is 0 Å². The van der Waals surface area contributed by atoms with Gasteiger partial charge in [0.25, 0.3) is 5.89 Å². The minimum Gasteiger partial charge on any atom is -0.395 e. The van der Waals surface area contributed by atoms with Gasteiger partial charge in [0.05, 0.1) is 18.7 Å². The van der Waals surface area contributed by atoms with E-state index < -0.39 is 0 Å². The van der Waals surface area contributed by atoms with Gasteiger partial charge in [0.15, 0.2) is 5.82 Å². The second-order valence-electron chi connectivity index (χ2n) is 5.37. The minimum atomic E-state index is 0.191. The quantitative estimate of drug-likeness (QED) is 0.938. The van der Waals surface area contributed by atoms with Gasteiger partial charge in [-0.2, -0.15) is 16.3 Å². The molecule has 0 radical (unpaired) electrons. The number of piperidine rings is 1. The molecule has 2 unspecified atom stereocenters. The molecule has 2 atom stereocenters. The summed E-state index contributed by atoms with van der Waals surface area (Å²) >= 11 is 1.61. The SMILES string of the molecule is CC1CCCN(Cc2noc(-c3ccsc3)n2)C1CO. The van der Waals surface area contributed by atoms with Crippen molar-refractivity contribution >= 4 is 11.3 Å². The van der Waals surface area contributed by atoms with E-state index in [2.05, 4.69) is 22.0 Å². The molecular formula is C14H19N3O2S. The van der Waals surface area contributed by atoms with Gasteiger partial charge >= 0.3 is 0 Å². The molecular weight excluding hydrogens is 274 g/mol. The zero-order valence-electron chi connectivity index (χ0n) is 11.5. The molecule has 20 heavy (non-hydrogen) atoms. The number of hydrogen-bond acceptors (Lipinski definition) is 6. The van der Waals surface area contributed by atoms with Crippen molar-refractivity contribution in [3.63, 3.8) is 0 Å². The summed E-state index contributed by atoms with van der Waals surface area (Å²) in [7, 11) is 0. The Hall–Kier alpha value is -1.24. The second kappa shape index (κ2) is 6.03. The first-order chi connectivity index (χ1) is 9.78. The van der Waals surface area contributed by atoms with Crippen molar-refractivity contribution in [3.8, 4) is 11.5 Å². The summed E-state index contributed by atoms with van der Waals surface area (Å²) in [5, 5.41) is 17.6. The first-order valence-electron chi connectivity index (χ1n) is 6.98. The lowest BCUT2D eigenvalue weighted by molar-refractivity contribution is 0.0449. The van der Waals surface area contributed by atoms with Crippen LogP contribution >= 0.6 is 11.3 Å². The van der Waals surface area contributed by atoms with Crippen LogP contribution in [-0.2, 0) is 6.54 Å². The fourth-order valence-corrected chi connectivity index (χ4v) is 3.46. The molecule has 1 aliphatic rings. The van der Waals surface area contributed by atoms with Gasteiger partial charge in [-0.15, -0.1) is 0 Å².